The second kappa shape index (κ2) is 3.06. The van der Waals surface area contributed by atoms with Crippen molar-refractivity contribution in [1.82, 2.24) is 5.32 Å². The third-order valence-electron chi connectivity index (χ3n) is 1.94. The van der Waals surface area contributed by atoms with Gasteiger partial charge in [-0.2, -0.15) is 0 Å². The van der Waals surface area contributed by atoms with Crippen molar-refractivity contribution in [3.63, 3.8) is 0 Å². The summed E-state index contributed by atoms with van der Waals surface area (Å²) in [5, 5.41) is 2.31. The molecule has 1 aromatic carbocycles. The summed E-state index contributed by atoms with van der Waals surface area (Å²) in [7, 11) is -3.34. The van der Waals surface area contributed by atoms with Crippen LogP contribution in [0.15, 0.2) is 27.6 Å². The van der Waals surface area contributed by atoms with Crippen LogP contribution in [0.4, 0.5) is 0 Å². The average Bonchev–Trinajstić information content (AvgIpc) is 2.12. The molecular formula is C8H6BrNO3S. The first-order valence-electron chi connectivity index (χ1n) is 3.81. The minimum atomic E-state index is -3.34. The van der Waals surface area contributed by atoms with Crippen molar-refractivity contribution in [3.8, 4) is 0 Å². The van der Waals surface area contributed by atoms with E-state index in [-0.39, 0.29) is 22.2 Å². The maximum Gasteiger partial charge on any atom is 0.253 e. The zero-order chi connectivity index (χ0) is 10.3. The van der Waals surface area contributed by atoms with Crippen LogP contribution in [-0.2, 0) is 9.84 Å². The molecule has 1 aliphatic rings. The average molecular weight is 276 g/mol. The first kappa shape index (κ1) is 9.67. The lowest BCUT2D eigenvalue weighted by molar-refractivity contribution is 0.0953. The second-order valence-electron chi connectivity index (χ2n) is 2.91. The highest BCUT2D eigenvalue weighted by molar-refractivity contribution is 9.10. The van der Waals surface area contributed by atoms with Gasteiger partial charge >= 0.3 is 0 Å². The van der Waals surface area contributed by atoms with Crippen LogP contribution >= 0.6 is 15.9 Å². The fraction of sp³-hybridized carbons (Fsp3) is 0.125. The Balaban J connectivity index is 2.76. The minimum Gasteiger partial charge on any atom is -0.338 e. The summed E-state index contributed by atoms with van der Waals surface area (Å²) in [4.78, 5) is 11.4. The monoisotopic (exact) mass is 275 g/mol. The van der Waals surface area contributed by atoms with Gasteiger partial charge < -0.3 is 5.32 Å². The van der Waals surface area contributed by atoms with Crippen LogP contribution in [0.5, 0.6) is 0 Å². The predicted octanol–water partition coefficient (Wildman–Crippen LogP) is 0.924. The number of nitrogens with one attached hydrogen (secondary N) is 1. The van der Waals surface area contributed by atoms with E-state index in [1.807, 2.05) is 0 Å². The molecule has 1 N–H and O–H groups in total. The number of carbonyl (C=O) groups excluding carboxylic acids is 1. The molecule has 0 bridgehead atoms. The third kappa shape index (κ3) is 1.44. The Morgan fingerprint density at radius 2 is 2.07 bits per heavy atom. The van der Waals surface area contributed by atoms with Gasteiger partial charge in [0.2, 0.25) is 0 Å². The van der Waals surface area contributed by atoms with Crippen molar-refractivity contribution in [2.24, 2.45) is 0 Å². The van der Waals surface area contributed by atoms with Gasteiger partial charge in [-0.15, -0.1) is 0 Å². The smallest absolute Gasteiger partial charge is 0.253 e. The molecule has 0 aliphatic carbocycles. The van der Waals surface area contributed by atoms with E-state index in [0.717, 1.165) is 0 Å². The molecule has 4 nitrogen and oxygen atoms in total. The highest BCUT2D eigenvalue weighted by Gasteiger charge is 2.28. The van der Waals surface area contributed by atoms with Crippen molar-refractivity contribution in [2.45, 2.75) is 4.90 Å². The molecule has 1 heterocycles. The quantitative estimate of drug-likeness (QED) is 0.766. The lowest BCUT2D eigenvalue weighted by Crippen LogP contribution is -2.36. The van der Waals surface area contributed by atoms with Crippen LogP contribution in [-0.4, -0.2) is 20.2 Å². The topological polar surface area (TPSA) is 63.2 Å². The Bertz CT molecular complexity index is 509. The van der Waals surface area contributed by atoms with Crippen molar-refractivity contribution in [2.75, 3.05) is 5.88 Å². The van der Waals surface area contributed by atoms with Crippen LogP contribution in [0.3, 0.4) is 0 Å². The normalized spacial score (nSPS) is 18.5. The fourth-order valence-corrected chi connectivity index (χ4v) is 2.88. The summed E-state index contributed by atoms with van der Waals surface area (Å²) in [6, 6.07) is 4.55. The summed E-state index contributed by atoms with van der Waals surface area (Å²) < 4.78 is 23.7. The number of fused-ring (bicyclic) bond motifs is 1. The number of hydrogen-bond acceptors (Lipinski definition) is 3. The Labute approximate surface area is 89.4 Å². The van der Waals surface area contributed by atoms with E-state index in [1.165, 1.54) is 12.1 Å². The number of halogens is 1. The molecule has 0 saturated carbocycles. The number of amides is 1. The molecule has 14 heavy (non-hydrogen) atoms. The number of rotatable bonds is 0. The molecule has 0 spiro atoms. The summed E-state index contributed by atoms with van der Waals surface area (Å²) in [6.07, 6.45) is 0. The van der Waals surface area contributed by atoms with Crippen LogP contribution < -0.4 is 5.32 Å². The van der Waals surface area contributed by atoms with Crippen LogP contribution in [0, 0.1) is 0 Å². The summed E-state index contributed by atoms with van der Waals surface area (Å²) in [5.74, 6) is -0.670. The highest BCUT2D eigenvalue weighted by atomic mass is 79.9. The molecule has 0 fully saturated rings. The highest BCUT2D eigenvalue weighted by Crippen LogP contribution is 2.24. The summed E-state index contributed by atoms with van der Waals surface area (Å²) in [6.45, 7) is 0. The molecule has 0 unspecified atom stereocenters. The van der Waals surface area contributed by atoms with Crippen molar-refractivity contribution in [3.05, 3.63) is 28.2 Å². The lowest BCUT2D eigenvalue weighted by Gasteiger charge is -2.16. The molecule has 74 valence electrons. The number of hydrogen-bond donors (Lipinski definition) is 1. The first-order chi connectivity index (χ1) is 6.50. The van der Waals surface area contributed by atoms with Gasteiger partial charge in [-0.25, -0.2) is 8.42 Å². The van der Waals surface area contributed by atoms with Gasteiger partial charge in [0.15, 0.2) is 9.84 Å². The molecule has 2 rings (SSSR count). The molecular weight excluding hydrogens is 270 g/mol. The molecule has 6 heteroatoms. The van der Waals surface area contributed by atoms with E-state index in [0.29, 0.717) is 4.47 Å². The van der Waals surface area contributed by atoms with Gasteiger partial charge in [0.1, 0.15) is 5.88 Å². The zero-order valence-electron chi connectivity index (χ0n) is 6.95. The molecule has 1 aromatic rings. The van der Waals surface area contributed by atoms with Crippen LogP contribution in [0.25, 0.3) is 0 Å². The van der Waals surface area contributed by atoms with Gasteiger partial charge in [-0.1, -0.05) is 15.9 Å². The number of sulfone groups is 1. The van der Waals surface area contributed by atoms with Gasteiger partial charge in [0.25, 0.3) is 5.91 Å². The summed E-state index contributed by atoms with van der Waals surface area (Å²) >= 11 is 3.18. The standard InChI is InChI=1S/C8H6BrNO3S/c9-5-1-2-7-6(3-5)8(11)10-4-14(7,12)13/h1-3H,4H2,(H,10,11). The van der Waals surface area contributed by atoms with Crippen LogP contribution in [0.2, 0.25) is 0 Å². The Hall–Kier alpha value is -0.880. The zero-order valence-corrected chi connectivity index (χ0v) is 9.35. The van der Waals surface area contributed by atoms with E-state index in [1.54, 1.807) is 6.07 Å². The largest absolute Gasteiger partial charge is 0.338 e. The molecule has 1 aliphatic heterocycles. The van der Waals surface area contributed by atoms with E-state index in [9.17, 15) is 13.2 Å². The van der Waals surface area contributed by atoms with Gasteiger partial charge in [-0.3, -0.25) is 4.79 Å². The summed E-state index contributed by atoms with van der Waals surface area (Å²) in [5.41, 5.74) is 0.200. The minimum absolute atomic E-state index is 0.101. The van der Waals surface area contributed by atoms with E-state index >= 15 is 0 Å². The van der Waals surface area contributed by atoms with Crippen molar-refractivity contribution in [1.29, 1.82) is 0 Å². The maximum absolute atomic E-state index is 11.5. The number of carbonyl (C=O) groups is 1. The lowest BCUT2D eigenvalue weighted by atomic mass is 10.2. The first-order valence-corrected chi connectivity index (χ1v) is 6.26. The third-order valence-corrected chi connectivity index (χ3v) is 3.99. The molecule has 0 atom stereocenters. The molecule has 0 saturated heterocycles. The van der Waals surface area contributed by atoms with Crippen molar-refractivity contribution < 1.29 is 13.2 Å². The van der Waals surface area contributed by atoms with Crippen molar-refractivity contribution >= 4 is 31.7 Å². The molecule has 1 amide bonds. The SMILES string of the molecule is O=C1NCS(=O)(=O)c2ccc(Br)cc21. The molecule has 0 aromatic heterocycles. The molecule has 0 radical (unpaired) electrons. The Kier molecular flexibility index (Phi) is 2.11. The van der Waals surface area contributed by atoms with E-state index in [2.05, 4.69) is 21.2 Å². The van der Waals surface area contributed by atoms with Gasteiger partial charge in [0, 0.05) is 4.47 Å². The maximum atomic E-state index is 11.5. The fourth-order valence-electron chi connectivity index (χ4n) is 1.28. The second-order valence-corrected chi connectivity index (χ2v) is 5.78. The Morgan fingerprint density at radius 3 is 2.79 bits per heavy atom. The van der Waals surface area contributed by atoms with Gasteiger partial charge in [-0.05, 0) is 18.2 Å². The predicted molar refractivity (Wildman–Crippen MR) is 53.7 cm³/mol. The van der Waals surface area contributed by atoms with Crippen LogP contribution in [0.1, 0.15) is 10.4 Å². The number of benzene rings is 1. The Morgan fingerprint density at radius 1 is 1.36 bits per heavy atom. The van der Waals surface area contributed by atoms with Gasteiger partial charge in [0.05, 0.1) is 10.5 Å². The van der Waals surface area contributed by atoms with E-state index < -0.39 is 9.84 Å². The van der Waals surface area contributed by atoms with E-state index in [4.69, 9.17) is 0 Å².